The van der Waals surface area contributed by atoms with Gasteiger partial charge < -0.3 is 15.0 Å². The van der Waals surface area contributed by atoms with Gasteiger partial charge in [0.05, 0.1) is 22.6 Å². The number of likely N-dealkylation sites (N-methyl/N-ethyl adjacent to an activating group) is 1. The molecule has 0 bridgehead atoms. The summed E-state index contributed by atoms with van der Waals surface area (Å²) >= 11 is 6.20. The van der Waals surface area contributed by atoms with E-state index in [1.165, 1.54) is 69.5 Å². The lowest BCUT2D eigenvalue weighted by Gasteiger charge is -2.32. The summed E-state index contributed by atoms with van der Waals surface area (Å²) in [5.74, 6) is -1.98. The Balaban J connectivity index is 2.17. The van der Waals surface area contributed by atoms with Gasteiger partial charge in [-0.3, -0.25) is 24.0 Å². The first-order chi connectivity index (χ1) is 19.8. The molecule has 1 N–H and O–H groups in total. The van der Waals surface area contributed by atoms with E-state index in [4.69, 9.17) is 16.3 Å². The molecule has 0 heterocycles. The van der Waals surface area contributed by atoms with Gasteiger partial charge in [0, 0.05) is 35.3 Å². The van der Waals surface area contributed by atoms with Gasteiger partial charge in [-0.15, -0.1) is 0 Å². The lowest BCUT2D eigenvalue weighted by atomic mass is 10.1. The number of hydrogen-bond donors (Lipinski definition) is 1. The first-order valence-electron chi connectivity index (χ1n) is 12.7. The third-order valence-corrected chi connectivity index (χ3v) is 8.46. The number of sulfonamides is 1. The number of rotatable bonds is 12. The Hall–Kier alpha value is -4.23. The average molecular weight is 621 g/mol. The Kier molecular flexibility index (Phi) is 10.5. The molecular weight excluding hydrogens is 591 g/mol. The summed E-state index contributed by atoms with van der Waals surface area (Å²) in [6, 6.07) is 12.0. The number of carbonyl (C=O) groups excluding carboxylic acids is 2. The van der Waals surface area contributed by atoms with Crippen LogP contribution in [0.4, 0.5) is 15.8 Å². The van der Waals surface area contributed by atoms with Crippen LogP contribution in [0, 0.1) is 22.9 Å². The molecule has 42 heavy (non-hydrogen) atoms. The van der Waals surface area contributed by atoms with Crippen LogP contribution in [-0.2, 0) is 26.2 Å². The van der Waals surface area contributed by atoms with Crippen LogP contribution in [0.25, 0.3) is 0 Å². The maximum atomic E-state index is 14.6. The fraction of sp³-hybridized carbons (Fsp3) is 0.286. The second-order valence-corrected chi connectivity index (χ2v) is 11.5. The third kappa shape index (κ3) is 7.15. The molecule has 0 aliphatic rings. The molecule has 2 amide bonds. The monoisotopic (exact) mass is 620 g/mol. The third-order valence-electron chi connectivity index (χ3n) is 6.47. The maximum absolute atomic E-state index is 14.6. The molecule has 1 atom stereocenters. The van der Waals surface area contributed by atoms with Crippen molar-refractivity contribution in [1.82, 2.24) is 10.2 Å². The van der Waals surface area contributed by atoms with Crippen LogP contribution in [-0.4, -0.2) is 56.3 Å². The zero-order valence-corrected chi connectivity index (χ0v) is 24.9. The number of carbonyl (C=O) groups is 2. The number of aryl methyl sites for hydroxylation is 1. The van der Waals surface area contributed by atoms with Gasteiger partial charge in [0.2, 0.25) is 11.8 Å². The lowest BCUT2D eigenvalue weighted by molar-refractivity contribution is -0.385. The molecule has 0 aliphatic heterocycles. The van der Waals surface area contributed by atoms with Gasteiger partial charge in [-0.2, -0.15) is 0 Å². The van der Waals surface area contributed by atoms with Crippen molar-refractivity contribution in [2.45, 2.75) is 38.3 Å². The number of ether oxygens (including phenoxy) is 1. The topological polar surface area (TPSA) is 139 Å². The summed E-state index contributed by atoms with van der Waals surface area (Å²) in [4.78, 5) is 38.2. The van der Waals surface area contributed by atoms with Crippen LogP contribution in [0.15, 0.2) is 65.6 Å². The first-order valence-corrected chi connectivity index (χ1v) is 14.6. The summed E-state index contributed by atoms with van der Waals surface area (Å²) in [7, 11) is -3.38. The van der Waals surface area contributed by atoms with Crippen molar-refractivity contribution in [3.05, 3.63) is 92.7 Å². The van der Waals surface area contributed by atoms with E-state index in [0.29, 0.717) is 4.31 Å². The summed E-state index contributed by atoms with van der Waals surface area (Å²) in [6.45, 7) is 3.62. The van der Waals surface area contributed by atoms with Crippen LogP contribution >= 0.6 is 11.6 Å². The summed E-state index contributed by atoms with van der Waals surface area (Å²) in [6.07, 6.45) is 0. The Morgan fingerprint density at radius 2 is 1.83 bits per heavy atom. The molecule has 0 radical (unpaired) electrons. The van der Waals surface area contributed by atoms with Crippen molar-refractivity contribution in [2.75, 3.05) is 24.5 Å². The number of nitrogens with one attached hydrogen (secondary N) is 1. The number of amides is 2. The minimum absolute atomic E-state index is 0.0369. The van der Waals surface area contributed by atoms with E-state index in [-0.39, 0.29) is 40.7 Å². The quantitative estimate of drug-likeness (QED) is 0.233. The molecule has 0 aliphatic carbocycles. The minimum Gasteiger partial charge on any atom is -0.495 e. The second kappa shape index (κ2) is 13.6. The Bertz CT molecular complexity index is 1600. The van der Waals surface area contributed by atoms with E-state index >= 15 is 0 Å². The van der Waals surface area contributed by atoms with Crippen molar-refractivity contribution >= 4 is 44.8 Å². The van der Waals surface area contributed by atoms with Crippen molar-refractivity contribution in [3.8, 4) is 5.75 Å². The van der Waals surface area contributed by atoms with Crippen LogP contribution in [0.1, 0.15) is 25.0 Å². The van der Waals surface area contributed by atoms with Crippen LogP contribution in [0.2, 0.25) is 5.02 Å². The fourth-order valence-electron chi connectivity index (χ4n) is 4.16. The van der Waals surface area contributed by atoms with E-state index < -0.39 is 55.7 Å². The van der Waals surface area contributed by atoms with Crippen LogP contribution < -0.4 is 14.4 Å². The van der Waals surface area contributed by atoms with E-state index in [9.17, 15) is 32.5 Å². The van der Waals surface area contributed by atoms with E-state index in [2.05, 4.69) is 5.32 Å². The average Bonchev–Trinajstić information content (AvgIpc) is 2.95. The molecule has 0 saturated carbocycles. The minimum atomic E-state index is -4.67. The van der Waals surface area contributed by atoms with Crippen LogP contribution in [0.5, 0.6) is 5.75 Å². The lowest BCUT2D eigenvalue weighted by Crippen LogP contribution is -2.51. The molecule has 0 fully saturated rings. The van der Waals surface area contributed by atoms with Crippen molar-refractivity contribution in [1.29, 1.82) is 0 Å². The molecule has 0 saturated heterocycles. The molecule has 1 unspecified atom stereocenters. The maximum Gasteiger partial charge on any atom is 0.273 e. The SMILES string of the molecule is CCNC(=O)C(C)N(Cc1ccccc1F)C(=O)CN(c1cc(Cl)ccc1OC)S(=O)(=O)c1ccc(C)c([N+](=O)[O-])c1. The zero-order chi connectivity index (χ0) is 31.2. The Labute approximate surface area is 248 Å². The number of benzene rings is 3. The highest BCUT2D eigenvalue weighted by atomic mass is 35.5. The Morgan fingerprint density at radius 1 is 1.14 bits per heavy atom. The molecule has 224 valence electrons. The number of anilines is 1. The largest absolute Gasteiger partial charge is 0.495 e. The molecule has 3 aromatic rings. The molecule has 3 aromatic carbocycles. The molecule has 0 aromatic heterocycles. The molecular formula is C28H30ClFN4O7S. The predicted molar refractivity (Wildman–Crippen MR) is 155 cm³/mol. The zero-order valence-electron chi connectivity index (χ0n) is 23.3. The van der Waals surface area contributed by atoms with E-state index in [1.807, 2.05) is 0 Å². The van der Waals surface area contributed by atoms with Gasteiger partial charge in [-0.1, -0.05) is 35.9 Å². The predicted octanol–water partition coefficient (Wildman–Crippen LogP) is 4.45. The highest BCUT2D eigenvalue weighted by Gasteiger charge is 2.35. The highest BCUT2D eigenvalue weighted by molar-refractivity contribution is 7.92. The second-order valence-electron chi connectivity index (χ2n) is 9.22. The van der Waals surface area contributed by atoms with Crippen molar-refractivity contribution in [3.63, 3.8) is 0 Å². The van der Waals surface area contributed by atoms with Gasteiger partial charge in [0.1, 0.15) is 24.2 Å². The molecule has 3 rings (SSSR count). The van der Waals surface area contributed by atoms with E-state index in [1.54, 1.807) is 13.0 Å². The van der Waals surface area contributed by atoms with Gasteiger partial charge in [0.25, 0.3) is 15.7 Å². The molecule has 14 heteroatoms. The number of nitrogens with zero attached hydrogens (tertiary/aromatic N) is 3. The first kappa shape index (κ1) is 32.3. The molecule has 0 spiro atoms. The fourth-order valence-corrected chi connectivity index (χ4v) is 5.76. The number of nitro groups is 1. The summed E-state index contributed by atoms with van der Waals surface area (Å²) < 4.78 is 48.8. The summed E-state index contributed by atoms with van der Waals surface area (Å²) in [5.41, 5.74) is -0.232. The molecule has 11 nitrogen and oxygen atoms in total. The number of hydrogen-bond acceptors (Lipinski definition) is 7. The Morgan fingerprint density at radius 3 is 2.45 bits per heavy atom. The normalized spacial score (nSPS) is 11.9. The van der Waals surface area contributed by atoms with Crippen LogP contribution in [0.3, 0.4) is 0 Å². The number of methoxy groups -OCH3 is 1. The highest BCUT2D eigenvalue weighted by Crippen LogP contribution is 2.36. The smallest absolute Gasteiger partial charge is 0.273 e. The summed E-state index contributed by atoms with van der Waals surface area (Å²) in [5, 5.41) is 14.3. The van der Waals surface area contributed by atoms with Gasteiger partial charge >= 0.3 is 0 Å². The van der Waals surface area contributed by atoms with Gasteiger partial charge in [-0.05, 0) is 51.1 Å². The van der Waals surface area contributed by atoms with Gasteiger partial charge in [0.15, 0.2) is 0 Å². The van der Waals surface area contributed by atoms with Crippen molar-refractivity contribution < 1.29 is 32.1 Å². The van der Waals surface area contributed by atoms with E-state index in [0.717, 1.165) is 11.0 Å². The van der Waals surface area contributed by atoms with Crippen molar-refractivity contribution in [2.24, 2.45) is 0 Å². The standard InChI is InChI=1S/C28H30ClFN4O7S/c1-5-31-28(36)19(3)32(16-20-8-6-7-9-23(20)30)27(35)17-33(25-14-21(29)11-13-26(25)41-4)42(39,40)22-12-10-18(2)24(15-22)34(37)38/h6-15,19H,5,16-17H2,1-4H3,(H,31,36). The number of nitro benzene ring substituents is 1. The van der Waals surface area contributed by atoms with Gasteiger partial charge in [-0.25, -0.2) is 12.8 Å². The number of halogens is 2.